The van der Waals surface area contributed by atoms with Crippen molar-refractivity contribution in [1.29, 1.82) is 0 Å². The summed E-state index contributed by atoms with van der Waals surface area (Å²) in [6.07, 6.45) is 0. The molecule has 0 aliphatic carbocycles. The average molecular weight is 282 g/mol. The van der Waals surface area contributed by atoms with Gasteiger partial charge in [0.1, 0.15) is 5.75 Å². The molecule has 2 amide bonds. The van der Waals surface area contributed by atoms with Gasteiger partial charge in [0.2, 0.25) is 0 Å². The number of hydrogen-bond acceptors (Lipinski definition) is 4. The number of amides is 2. The van der Waals surface area contributed by atoms with Gasteiger partial charge in [-0.05, 0) is 31.2 Å². The molecule has 0 saturated carbocycles. The molecule has 0 atom stereocenters. The molecule has 0 radical (unpaired) electrons. The third-order valence-electron chi connectivity index (χ3n) is 3.34. The van der Waals surface area contributed by atoms with Crippen LogP contribution in [0.2, 0.25) is 0 Å². The third kappa shape index (κ3) is 2.03. The molecule has 0 aromatic heterocycles. The normalized spacial score (nSPS) is 13.5. The largest absolute Gasteiger partial charge is 0.494 e. The minimum atomic E-state index is -0.355. The number of carbonyl (C=O) groups excluding carboxylic acids is 2. The Kier molecular flexibility index (Phi) is 3.10. The molecule has 0 saturated heterocycles. The van der Waals surface area contributed by atoms with E-state index in [2.05, 4.69) is 0 Å². The fraction of sp³-hybridized carbons (Fsp3) is 0.125. The highest BCUT2D eigenvalue weighted by atomic mass is 16.5. The topological polar surface area (TPSA) is 72.6 Å². The minimum Gasteiger partial charge on any atom is -0.494 e. The zero-order chi connectivity index (χ0) is 15.0. The van der Waals surface area contributed by atoms with E-state index in [1.165, 1.54) is 0 Å². The molecule has 1 aliphatic rings. The Morgan fingerprint density at radius 1 is 1.05 bits per heavy atom. The number of anilines is 2. The maximum absolute atomic E-state index is 12.4. The number of fused-ring (bicyclic) bond motifs is 1. The highest BCUT2D eigenvalue weighted by Gasteiger charge is 2.37. The molecule has 106 valence electrons. The Balaban J connectivity index is 2.03. The molecule has 0 spiro atoms. The lowest BCUT2D eigenvalue weighted by Crippen LogP contribution is -2.30. The monoisotopic (exact) mass is 282 g/mol. The molecule has 2 aromatic carbocycles. The lowest BCUT2D eigenvalue weighted by molar-refractivity contribution is 0.0926. The molecule has 5 nitrogen and oxygen atoms in total. The van der Waals surface area contributed by atoms with E-state index in [4.69, 9.17) is 10.5 Å². The van der Waals surface area contributed by atoms with E-state index < -0.39 is 0 Å². The Morgan fingerprint density at radius 3 is 2.19 bits per heavy atom. The summed E-state index contributed by atoms with van der Waals surface area (Å²) in [5.41, 5.74) is 7.47. The van der Waals surface area contributed by atoms with E-state index in [0.29, 0.717) is 34.9 Å². The van der Waals surface area contributed by atoms with Gasteiger partial charge in [-0.25, -0.2) is 4.90 Å². The van der Waals surface area contributed by atoms with Crippen molar-refractivity contribution >= 4 is 23.2 Å². The second-order valence-corrected chi connectivity index (χ2v) is 4.64. The fourth-order valence-electron chi connectivity index (χ4n) is 2.40. The lowest BCUT2D eigenvalue weighted by Gasteiger charge is -2.17. The molecule has 21 heavy (non-hydrogen) atoms. The maximum atomic E-state index is 12.4. The number of rotatable bonds is 3. The molecule has 1 heterocycles. The minimum absolute atomic E-state index is 0.329. The highest BCUT2D eigenvalue weighted by Crippen LogP contribution is 2.34. The Hall–Kier alpha value is -2.82. The molecule has 0 fully saturated rings. The van der Waals surface area contributed by atoms with Gasteiger partial charge in [0, 0.05) is 6.07 Å². The summed E-state index contributed by atoms with van der Waals surface area (Å²) in [5, 5.41) is 0. The van der Waals surface area contributed by atoms with Crippen LogP contribution in [0.4, 0.5) is 11.4 Å². The SMILES string of the molecule is CCOc1ccc(N2C(=O)c3ccccc3C2=O)c(N)c1. The van der Waals surface area contributed by atoms with E-state index >= 15 is 0 Å². The van der Waals surface area contributed by atoms with Crippen molar-refractivity contribution in [2.75, 3.05) is 17.2 Å². The summed E-state index contributed by atoms with van der Waals surface area (Å²) in [4.78, 5) is 25.9. The molecule has 0 unspecified atom stereocenters. The van der Waals surface area contributed by atoms with Crippen molar-refractivity contribution in [3.05, 3.63) is 53.6 Å². The van der Waals surface area contributed by atoms with Gasteiger partial charge in [-0.3, -0.25) is 9.59 Å². The molecule has 0 bridgehead atoms. The zero-order valence-electron chi connectivity index (χ0n) is 11.5. The summed E-state index contributed by atoms with van der Waals surface area (Å²) < 4.78 is 5.35. The van der Waals surface area contributed by atoms with Crippen LogP contribution in [0, 0.1) is 0 Å². The predicted molar refractivity (Wildman–Crippen MR) is 79.6 cm³/mol. The van der Waals surface area contributed by atoms with Crippen molar-refractivity contribution in [1.82, 2.24) is 0 Å². The van der Waals surface area contributed by atoms with E-state index in [1.807, 2.05) is 6.92 Å². The first-order valence-electron chi connectivity index (χ1n) is 6.63. The Morgan fingerprint density at radius 2 is 1.67 bits per heavy atom. The average Bonchev–Trinajstić information content (AvgIpc) is 2.73. The van der Waals surface area contributed by atoms with Gasteiger partial charge in [-0.15, -0.1) is 0 Å². The standard InChI is InChI=1S/C16H14N2O3/c1-2-21-10-7-8-14(13(17)9-10)18-15(19)11-5-3-4-6-12(11)16(18)20/h3-9H,2,17H2,1H3. The number of benzene rings is 2. The van der Waals surface area contributed by atoms with Gasteiger partial charge in [0.05, 0.1) is 29.1 Å². The van der Waals surface area contributed by atoms with Crippen LogP contribution in [0.15, 0.2) is 42.5 Å². The molecule has 3 rings (SSSR count). The molecule has 5 heteroatoms. The smallest absolute Gasteiger partial charge is 0.266 e. The number of nitrogens with two attached hydrogens (primary N) is 1. The number of imide groups is 1. The summed E-state index contributed by atoms with van der Waals surface area (Å²) in [6.45, 7) is 2.39. The molecular formula is C16H14N2O3. The zero-order valence-corrected chi connectivity index (χ0v) is 11.5. The fourth-order valence-corrected chi connectivity index (χ4v) is 2.40. The summed E-state index contributed by atoms with van der Waals surface area (Å²) >= 11 is 0. The third-order valence-corrected chi connectivity index (χ3v) is 3.34. The van der Waals surface area contributed by atoms with Crippen molar-refractivity contribution in [2.24, 2.45) is 0 Å². The van der Waals surface area contributed by atoms with Crippen LogP contribution in [0.1, 0.15) is 27.6 Å². The van der Waals surface area contributed by atoms with Crippen molar-refractivity contribution in [3.63, 3.8) is 0 Å². The molecule has 2 aromatic rings. The van der Waals surface area contributed by atoms with Crippen LogP contribution < -0.4 is 15.4 Å². The maximum Gasteiger partial charge on any atom is 0.266 e. The first-order valence-corrected chi connectivity index (χ1v) is 6.63. The van der Waals surface area contributed by atoms with E-state index in [-0.39, 0.29) is 11.8 Å². The lowest BCUT2D eigenvalue weighted by atomic mass is 10.1. The summed E-state index contributed by atoms with van der Waals surface area (Å²) in [6, 6.07) is 11.7. The van der Waals surface area contributed by atoms with Gasteiger partial charge in [-0.1, -0.05) is 12.1 Å². The second-order valence-electron chi connectivity index (χ2n) is 4.64. The van der Waals surface area contributed by atoms with Crippen LogP contribution in [0.25, 0.3) is 0 Å². The predicted octanol–water partition coefficient (Wildman–Crippen LogP) is 2.47. The van der Waals surface area contributed by atoms with Gasteiger partial charge in [0.15, 0.2) is 0 Å². The van der Waals surface area contributed by atoms with Crippen LogP contribution in [-0.4, -0.2) is 18.4 Å². The van der Waals surface area contributed by atoms with Gasteiger partial charge in [0.25, 0.3) is 11.8 Å². The van der Waals surface area contributed by atoms with Gasteiger partial charge in [-0.2, -0.15) is 0 Å². The first kappa shape index (κ1) is 13.2. The number of nitrogen functional groups attached to an aromatic ring is 1. The van der Waals surface area contributed by atoms with Crippen LogP contribution >= 0.6 is 0 Å². The summed E-state index contributed by atoms with van der Waals surface area (Å²) in [7, 11) is 0. The van der Waals surface area contributed by atoms with Gasteiger partial charge < -0.3 is 10.5 Å². The summed E-state index contributed by atoms with van der Waals surface area (Å²) in [5.74, 6) is -0.103. The first-order chi connectivity index (χ1) is 10.1. The van der Waals surface area contributed by atoms with Crippen LogP contribution in [-0.2, 0) is 0 Å². The number of ether oxygens (including phenoxy) is 1. The quantitative estimate of drug-likeness (QED) is 0.693. The molecule has 2 N–H and O–H groups in total. The van der Waals surface area contributed by atoms with Crippen molar-refractivity contribution < 1.29 is 14.3 Å². The van der Waals surface area contributed by atoms with E-state index in [0.717, 1.165) is 4.90 Å². The van der Waals surface area contributed by atoms with E-state index in [9.17, 15) is 9.59 Å². The number of carbonyl (C=O) groups is 2. The van der Waals surface area contributed by atoms with Gasteiger partial charge >= 0.3 is 0 Å². The van der Waals surface area contributed by atoms with Crippen LogP contribution in [0.3, 0.4) is 0 Å². The number of nitrogens with zero attached hydrogens (tertiary/aromatic N) is 1. The number of hydrogen-bond donors (Lipinski definition) is 1. The van der Waals surface area contributed by atoms with Crippen molar-refractivity contribution in [2.45, 2.75) is 6.92 Å². The Bertz CT molecular complexity index is 705. The Labute approximate surface area is 121 Å². The molecule has 1 aliphatic heterocycles. The van der Waals surface area contributed by atoms with Crippen LogP contribution in [0.5, 0.6) is 5.75 Å². The highest BCUT2D eigenvalue weighted by molar-refractivity contribution is 6.35. The van der Waals surface area contributed by atoms with E-state index in [1.54, 1.807) is 42.5 Å². The van der Waals surface area contributed by atoms with Crippen molar-refractivity contribution in [3.8, 4) is 5.75 Å². The molecular weight excluding hydrogens is 268 g/mol. The second kappa shape index (κ2) is 4.94.